The Labute approximate surface area is 96.6 Å². The molecule has 0 spiro atoms. The number of rotatable bonds is 6. The Morgan fingerprint density at radius 1 is 1.38 bits per heavy atom. The van der Waals surface area contributed by atoms with E-state index in [1.807, 2.05) is 13.8 Å². The average Bonchev–Trinajstić information content (AvgIpc) is 2.30. The first-order valence-electron chi connectivity index (χ1n) is 5.63. The molecule has 0 aliphatic rings. The summed E-state index contributed by atoms with van der Waals surface area (Å²) in [5.41, 5.74) is 6.54. The molecule has 0 saturated heterocycles. The predicted molar refractivity (Wildman–Crippen MR) is 64.9 cm³/mol. The minimum absolute atomic E-state index is 0.611. The smallest absolute Gasteiger partial charge is 0.221 e. The second-order valence-corrected chi connectivity index (χ2v) is 3.43. The van der Waals surface area contributed by atoms with E-state index in [2.05, 4.69) is 21.8 Å². The first-order chi connectivity index (χ1) is 7.74. The summed E-state index contributed by atoms with van der Waals surface area (Å²) in [6.07, 6.45) is 1.53. The van der Waals surface area contributed by atoms with Crippen LogP contribution in [0, 0.1) is 6.92 Å². The van der Waals surface area contributed by atoms with E-state index in [1.165, 1.54) is 6.33 Å². The highest BCUT2D eigenvalue weighted by atomic mass is 16.5. The molecule has 90 valence electrons. The summed E-state index contributed by atoms with van der Waals surface area (Å²) in [6.45, 7) is 8.89. The summed E-state index contributed by atoms with van der Waals surface area (Å²) >= 11 is 0. The van der Waals surface area contributed by atoms with Crippen molar-refractivity contribution in [3.05, 3.63) is 11.9 Å². The van der Waals surface area contributed by atoms with Gasteiger partial charge in [0.1, 0.15) is 12.1 Å². The Bertz CT molecular complexity index is 330. The largest absolute Gasteiger partial charge is 0.478 e. The zero-order valence-corrected chi connectivity index (χ0v) is 10.2. The van der Waals surface area contributed by atoms with Crippen LogP contribution in [0.4, 0.5) is 5.82 Å². The van der Waals surface area contributed by atoms with Crippen LogP contribution in [-0.2, 0) is 0 Å². The van der Waals surface area contributed by atoms with E-state index in [1.54, 1.807) is 0 Å². The summed E-state index contributed by atoms with van der Waals surface area (Å²) in [4.78, 5) is 10.5. The molecule has 1 aromatic rings. The van der Waals surface area contributed by atoms with E-state index < -0.39 is 0 Å². The number of aromatic nitrogens is 2. The number of nitrogens with zero attached hydrogens (tertiary/aromatic N) is 3. The van der Waals surface area contributed by atoms with Crippen LogP contribution in [0.5, 0.6) is 5.88 Å². The van der Waals surface area contributed by atoms with E-state index in [0.29, 0.717) is 19.0 Å². The minimum Gasteiger partial charge on any atom is -0.478 e. The Hall–Kier alpha value is -1.36. The molecular weight excluding hydrogens is 204 g/mol. The summed E-state index contributed by atoms with van der Waals surface area (Å²) in [5, 5.41) is 0. The summed E-state index contributed by atoms with van der Waals surface area (Å²) < 4.78 is 5.44. The number of likely N-dealkylation sites (N-methyl/N-ethyl adjacent to an activating group) is 1. The molecule has 1 heterocycles. The average molecular weight is 224 g/mol. The fourth-order valence-corrected chi connectivity index (χ4v) is 1.60. The van der Waals surface area contributed by atoms with Crippen LogP contribution in [0.1, 0.15) is 19.4 Å². The highest BCUT2D eigenvalue weighted by Crippen LogP contribution is 2.23. The topological polar surface area (TPSA) is 64.3 Å². The highest BCUT2D eigenvalue weighted by Gasteiger charge is 2.12. The lowest BCUT2D eigenvalue weighted by molar-refractivity contribution is 0.323. The first kappa shape index (κ1) is 12.7. The molecule has 0 aliphatic carbocycles. The van der Waals surface area contributed by atoms with E-state index in [9.17, 15) is 0 Å². The van der Waals surface area contributed by atoms with E-state index in [0.717, 1.165) is 24.5 Å². The highest BCUT2D eigenvalue weighted by molar-refractivity contribution is 5.50. The number of hydrogen-bond acceptors (Lipinski definition) is 5. The normalized spacial score (nSPS) is 10.2. The molecule has 0 amide bonds. The van der Waals surface area contributed by atoms with Gasteiger partial charge >= 0.3 is 0 Å². The van der Waals surface area contributed by atoms with E-state index >= 15 is 0 Å². The van der Waals surface area contributed by atoms with Crippen LogP contribution >= 0.6 is 0 Å². The zero-order valence-electron chi connectivity index (χ0n) is 10.2. The van der Waals surface area contributed by atoms with Crippen molar-refractivity contribution in [2.24, 2.45) is 5.73 Å². The third kappa shape index (κ3) is 2.82. The molecule has 5 nitrogen and oxygen atoms in total. The maximum atomic E-state index is 5.57. The van der Waals surface area contributed by atoms with E-state index in [-0.39, 0.29) is 0 Å². The maximum Gasteiger partial charge on any atom is 0.221 e. The molecule has 0 saturated carbocycles. The van der Waals surface area contributed by atoms with Gasteiger partial charge in [-0.3, -0.25) is 0 Å². The van der Waals surface area contributed by atoms with Gasteiger partial charge in [0.25, 0.3) is 0 Å². The van der Waals surface area contributed by atoms with Gasteiger partial charge in [-0.1, -0.05) is 0 Å². The van der Waals surface area contributed by atoms with Gasteiger partial charge in [-0.25, -0.2) is 9.97 Å². The van der Waals surface area contributed by atoms with Gasteiger partial charge in [0.2, 0.25) is 5.88 Å². The Morgan fingerprint density at radius 3 is 2.69 bits per heavy atom. The van der Waals surface area contributed by atoms with E-state index in [4.69, 9.17) is 10.5 Å². The standard InChI is InChI=1S/C11H20N4O/c1-4-15(7-6-12)10-9(3)11(16-5-2)14-8-13-10/h8H,4-7,12H2,1-3H3. The maximum absolute atomic E-state index is 5.57. The van der Waals surface area contributed by atoms with Gasteiger partial charge < -0.3 is 15.4 Å². The molecule has 0 aliphatic heterocycles. The molecule has 16 heavy (non-hydrogen) atoms. The molecule has 1 aromatic heterocycles. The Kier molecular flexibility index (Phi) is 4.98. The lowest BCUT2D eigenvalue weighted by atomic mass is 10.3. The fraction of sp³-hybridized carbons (Fsp3) is 0.636. The molecule has 0 atom stereocenters. The summed E-state index contributed by atoms with van der Waals surface area (Å²) in [7, 11) is 0. The van der Waals surface area contributed by atoms with Crippen molar-refractivity contribution in [1.82, 2.24) is 9.97 Å². The second kappa shape index (κ2) is 6.27. The lowest BCUT2D eigenvalue weighted by Crippen LogP contribution is -2.30. The van der Waals surface area contributed by atoms with Gasteiger partial charge in [-0.15, -0.1) is 0 Å². The monoisotopic (exact) mass is 224 g/mol. The number of nitrogens with two attached hydrogens (primary N) is 1. The van der Waals surface area contributed by atoms with Gasteiger partial charge in [-0.2, -0.15) is 0 Å². The first-order valence-corrected chi connectivity index (χ1v) is 5.63. The lowest BCUT2D eigenvalue weighted by Gasteiger charge is -2.23. The van der Waals surface area contributed by atoms with Gasteiger partial charge in [0.15, 0.2) is 0 Å². The van der Waals surface area contributed by atoms with Crippen LogP contribution in [0.3, 0.4) is 0 Å². The third-order valence-electron chi connectivity index (χ3n) is 2.37. The van der Waals surface area contributed by atoms with Crippen molar-refractivity contribution in [1.29, 1.82) is 0 Å². The number of ether oxygens (including phenoxy) is 1. The Balaban J connectivity index is 2.98. The zero-order chi connectivity index (χ0) is 12.0. The second-order valence-electron chi connectivity index (χ2n) is 3.43. The van der Waals surface area contributed by atoms with Gasteiger partial charge in [-0.05, 0) is 20.8 Å². The summed E-state index contributed by atoms with van der Waals surface area (Å²) in [5.74, 6) is 1.56. The van der Waals surface area contributed by atoms with Crippen molar-refractivity contribution in [2.75, 3.05) is 31.1 Å². The van der Waals surface area contributed by atoms with Crippen LogP contribution in [-0.4, -0.2) is 36.2 Å². The van der Waals surface area contributed by atoms with Crippen LogP contribution < -0.4 is 15.4 Å². The molecular formula is C11H20N4O. The molecule has 0 unspecified atom stereocenters. The Morgan fingerprint density at radius 2 is 2.12 bits per heavy atom. The molecule has 0 bridgehead atoms. The quantitative estimate of drug-likeness (QED) is 0.780. The molecule has 1 rings (SSSR count). The molecule has 0 aromatic carbocycles. The number of hydrogen-bond donors (Lipinski definition) is 1. The van der Waals surface area contributed by atoms with Crippen LogP contribution in [0.15, 0.2) is 6.33 Å². The fourth-order valence-electron chi connectivity index (χ4n) is 1.60. The molecule has 5 heteroatoms. The number of anilines is 1. The minimum atomic E-state index is 0.611. The molecule has 2 N–H and O–H groups in total. The van der Waals surface area contributed by atoms with Crippen molar-refractivity contribution >= 4 is 5.82 Å². The predicted octanol–water partition coefficient (Wildman–Crippen LogP) is 0.969. The van der Waals surface area contributed by atoms with Crippen LogP contribution in [0.2, 0.25) is 0 Å². The molecule has 0 radical (unpaired) electrons. The van der Waals surface area contributed by atoms with Crippen molar-refractivity contribution in [3.8, 4) is 5.88 Å². The SMILES string of the molecule is CCOc1ncnc(N(CC)CCN)c1C. The van der Waals surface area contributed by atoms with Gasteiger partial charge in [0, 0.05) is 19.6 Å². The van der Waals surface area contributed by atoms with Crippen LogP contribution in [0.25, 0.3) is 0 Å². The third-order valence-corrected chi connectivity index (χ3v) is 2.37. The van der Waals surface area contributed by atoms with Crippen molar-refractivity contribution < 1.29 is 4.74 Å². The summed E-state index contributed by atoms with van der Waals surface area (Å²) in [6, 6.07) is 0. The molecule has 0 fully saturated rings. The van der Waals surface area contributed by atoms with Crippen molar-refractivity contribution in [2.45, 2.75) is 20.8 Å². The van der Waals surface area contributed by atoms with Crippen molar-refractivity contribution in [3.63, 3.8) is 0 Å². The van der Waals surface area contributed by atoms with Gasteiger partial charge in [0.05, 0.1) is 12.2 Å².